The molecule has 0 aliphatic rings. The van der Waals surface area contributed by atoms with Crippen LogP contribution in [0.2, 0.25) is 0 Å². The van der Waals surface area contributed by atoms with E-state index in [1.54, 1.807) is 0 Å². The van der Waals surface area contributed by atoms with Gasteiger partial charge >= 0.3 is 0 Å². The predicted octanol–water partition coefficient (Wildman–Crippen LogP) is -0.183. The van der Waals surface area contributed by atoms with Crippen LogP contribution in [0.25, 0.3) is 0 Å². The van der Waals surface area contributed by atoms with E-state index >= 15 is 0 Å². The van der Waals surface area contributed by atoms with Gasteiger partial charge in [-0.15, -0.1) is 0 Å². The van der Waals surface area contributed by atoms with Crippen molar-refractivity contribution in [2.24, 2.45) is 0 Å². The highest BCUT2D eigenvalue weighted by atomic mass is 16.3. The van der Waals surface area contributed by atoms with Gasteiger partial charge in [-0.1, -0.05) is 30.3 Å². The van der Waals surface area contributed by atoms with Crippen molar-refractivity contribution in [3.63, 3.8) is 0 Å². The maximum Gasteiger partial charge on any atom is 0.270 e. The fraction of sp³-hybridized carbons (Fsp3) is 0.214. The Labute approximate surface area is 121 Å². The summed E-state index contributed by atoms with van der Waals surface area (Å²) in [5.41, 5.74) is 1.16. The Balaban J connectivity index is 1.88. The number of imidazole rings is 1. The van der Waals surface area contributed by atoms with E-state index < -0.39 is 24.5 Å². The third-order valence-electron chi connectivity index (χ3n) is 2.86. The van der Waals surface area contributed by atoms with Crippen LogP contribution in [0.3, 0.4) is 0 Å². The molecule has 2 amide bonds. The second-order valence-corrected chi connectivity index (χ2v) is 4.38. The second kappa shape index (κ2) is 7.20. The number of aliphatic hydroxyl groups is 1. The molecule has 2 aromatic rings. The van der Waals surface area contributed by atoms with Gasteiger partial charge in [0.05, 0.1) is 19.1 Å². The van der Waals surface area contributed by atoms with Crippen molar-refractivity contribution >= 4 is 11.8 Å². The number of hydrogen-bond acceptors (Lipinski definition) is 4. The first kappa shape index (κ1) is 14.7. The first-order valence-electron chi connectivity index (χ1n) is 6.42. The second-order valence-electron chi connectivity index (χ2n) is 4.38. The van der Waals surface area contributed by atoms with Crippen molar-refractivity contribution in [3.8, 4) is 0 Å². The lowest BCUT2D eigenvalue weighted by Crippen LogP contribution is -2.48. The molecule has 1 heterocycles. The zero-order valence-corrected chi connectivity index (χ0v) is 11.2. The molecule has 0 fully saturated rings. The fourth-order valence-electron chi connectivity index (χ4n) is 1.72. The van der Waals surface area contributed by atoms with Crippen molar-refractivity contribution in [2.45, 2.75) is 12.6 Å². The van der Waals surface area contributed by atoms with Crippen molar-refractivity contribution in [3.05, 3.63) is 54.1 Å². The van der Waals surface area contributed by atoms with E-state index in [4.69, 9.17) is 0 Å². The SMILES string of the molecule is O=C(NC(CO)C(=O)NCc1ccccc1)c1cnc[nH]1. The number of nitrogens with zero attached hydrogens (tertiary/aromatic N) is 1. The summed E-state index contributed by atoms with van der Waals surface area (Å²) >= 11 is 0. The molecule has 1 aromatic heterocycles. The van der Waals surface area contributed by atoms with E-state index in [2.05, 4.69) is 20.6 Å². The topological polar surface area (TPSA) is 107 Å². The summed E-state index contributed by atoms with van der Waals surface area (Å²) in [7, 11) is 0. The van der Waals surface area contributed by atoms with Crippen LogP contribution in [-0.2, 0) is 11.3 Å². The Kier molecular flexibility index (Phi) is 5.05. The van der Waals surface area contributed by atoms with E-state index in [0.717, 1.165) is 5.56 Å². The number of nitrogens with one attached hydrogen (secondary N) is 3. The molecule has 7 nitrogen and oxygen atoms in total. The summed E-state index contributed by atoms with van der Waals surface area (Å²) in [5.74, 6) is -0.948. The predicted molar refractivity (Wildman–Crippen MR) is 75.2 cm³/mol. The number of aliphatic hydroxyl groups excluding tert-OH is 1. The van der Waals surface area contributed by atoms with Crippen LogP contribution in [0.5, 0.6) is 0 Å². The van der Waals surface area contributed by atoms with Gasteiger partial charge in [0.25, 0.3) is 5.91 Å². The van der Waals surface area contributed by atoms with Crippen molar-refractivity contribution in [2.75, 3.05) is 6.61 Å². The smallest absolute Gasteiger partial charge is 0.270 e. The summed E-state index contributed by atoms with van der Waals surface area (Å²) in [6.45, 7) is -0.156. The standard InChI is InChI=1S/C14H16N4O3/c19-8-12(18-14(21)11-7-15-9-17-11)13(20)16-6-10-4-2-1-3-5-10/h1-5,7,9,12,19H,6,8H2,(H,15,17)(H,16,20)(H,18,21). The normalized spacial score (nSPS) is 11.7. The van der Waals surface area contributed by atoms with Gasteiger partial charge < -0.3 is 20.7 Å². The summed E-state index contributed by atoms with van der Waals surface area (Å²) < 4.78 is 0. The summed E-state index contributed by atoms with van der Waals surface area (Å²) in [5, 5.41) is 14.3. The number of rotatable bonds is 6. The van der Waals surface area contributed by atoms with Gasteiger partial charge in [-0.2, -0.15) is 0 Å². The molecule has 0 aliphatic carbocycles. The molecule has 0 saturated heterocycles. The number of carbonyl (C=O) groups is 2. The Hall–Kier alpha value is -2.67. The van der Waals surface area contributed by atoms with Gasteiger partial charge in [-0.25, -0.2) is 4.98 Å². The summed E-state index contributed by atoms with van der Waals surface area (Å²) in [4.78, 5) is 30.1. The molecule has 0 saturated carbocycles. The molecule has 110 valence electrons. The molecule has 0 spiro atoms. The van der Waals surface area contributed by atoms with Crippen molar-refractivity contribution in [1.82, 2.24) is 20.6 Å². The lowest BCUT2D eigenvalue weighted by Gasteiger charge is -2.15. The minimum atomic E-state index is -1.01. The van der Waals surface area contributed by atoms with Gasteiger partial charge in [0.1, 0.15) is 11.7 Å². The average Bonchev–Trinajstić information content (AvgIpc) is 3.05. The largest absolute Gasteiger partial charge is 0.394 e. The number of H-pyrrole nitrogens is 1. The molecule has 21 heavy (non-hydrogen) atoms. The average molecular weight is 288 g/mol. The number of aromatic amines is 1. The molecule has 0 bridgehead atoms. The Morgan fingerprint density at radius 3 is 2.67 bits per heavy atom. The molecule has 2 rings (SSSR count). The highest BCUT2D eigenvalue weighted by molar-refractivity contribution is 5.95. The van der Waals surface area contributed by atoms with Crippen LogP contribution in [0.4, 0.5) is 0 Å². The maximum atomic E-state index is 11.9. The van der Waals surface area contributed by atoms with Crippen LogP contribution < -0.4 is 10.6 Å². The minimum Gasteiger partial charge on any atom is -0.394 e. The first-order chi connectivity index (χ1) is 10.2. The van der Waals surface area contributed by atoms with Gasteiger partial charge in [0.15, 0.2) is 0 Å². The van der Waals surface area contributed by atoms with E-state index in [1.165, 1.54) is 12.5 Å². The summed E-state index contributed by atoms with van der Waals surface area (Å²) in [6, 6.07) is 8.35. The quantitative estimate of drug-likeness (QED) is 0.591. The van der Waals surface area contributed by atoms with Crippen LogP contribution in [-0.4, -0.2) is 39.5 Å². The van der Waals surface area contributed by atoms with Crippen molar-refractivity contribution in [1.29, 1.82) is 0 Å². The zero-order chi connectivity index (χ0) is 15.1. The number of aromatic nitrogens is 2. The molecule has 1 aromatic carbocycles. The van der Waals surface area contributed by atoms with E-state index in [1.807, 2.05) is 30.3 Å². The minimum absolute atomic E-state index is 0.226. The fourth-order valence-corrected chi connectivity index (χ4v) is 1.72. The molecular formula is C14H16N4O3. The molecule has 1 unspecified atom stereocenters. The number of amides is 2. The van der Waals surface area contributed by atoms with Crippen molar-refractivity contribution < 1.29 is 14.7 Å². The van der Waals surface area contributed by atoms with Crippen LogP contribution >= 0.6 is 0 Å². The van der Waals surface area contributed by atoms with Gasteiger partial charge in [-0.05, 0) is 5.56 Å². The molecule has 0 aliphatic heterocycles. The first-order valence-corrected chi connectivity index (χ1v) is 6.42. The number of carbonyl (C=O) groups excluding carboxylic acids is 2. The number of benzene rings is 1. The molecule has 7 heteroatoms. The summed E-state index contributed by atoms with van der Waals surface area (Å²) in [6.07, 6.45) is 2.70. The van der Waals surface area contributed by atoms with E-state index in [0.29, 0.717) is 6.54 Å². The molecule has 0 radical (unpaired) electrons. The van der Waals surface area contributed by atoms with Crippen LogP contribution in [0.15, 0.2) is 42.9 Å². The van der Waals surface area contributed by atoms with E-state index in [-0.39, 0.29) is 5.69 Å². The maximum absolute atomic E-state index is 11.9. The third-order valence-corrected chi connectivity index (χ3v) is 2.86. The monoisotopic (exact) mass is 288 g/mol. The van der Waals surface area contributed by atoms with Gasteiger partial charge in [0, 0.05) is 6.54 Å². The number of hydrogen-bond donors (Lipinski definition) is 4. The molecular weight excluding hydrogens is 272 g/mol. The lowest BCUT2D eigenvalue weighted by atomic mass is 10.2. The molecule has 4 N–H and O–H groups in total. The van der Waals surface area contributed by atoms with Crippen LogP contribution in [0, 0.1) is 0 Å². The van der Waals surface area contributed by atoms with Crippen LogP contribution in [0.1, 0.15) is 16.1 Å². The molecule has 1 atom stereocenters. The third kappa shape index (κ3) is 4.15. The van der Waals surface area contributed by atoms with E-state index in [9.17, 15) is 14.7 Å². The van der Waals surface area contributed by atoms with Gasteiger partial charge in [0.2, 0.25) is 5.91 Å². The lowest BCUT2D eigenvalue weighted by molar-refractivity contribution is -0.124. The Bertz CT molecular complexity index is 584. The highest BCUT2D eigenvalue weighted by Crippen LogP contribution is 1.98. The highest BCUT2D eigenvalue weighted by Gasteiger charge is 2.20. The zero-order valence-electron chi connectivity index (χ0n) is 11.2. The Morgan fingerprint density at radius 1 is 1.29 bits per heavy atom. The van der Waals surface area contributed by atoms with Gasteiger partial charge in [-0.3, -0.25) is 9.59 Å². The Morgan fingerprint density at radius 2 is 2.05 bits per heavy atom.